The Morgan fingerprint density at radius 3 is 1.75 bits per heavy atom. The van der Waals surface area contributed by atoms with Gasteiger partial charge < -0.3 is 5.11 Å². The van der Waals surface area contributed by atoms with Crippen LogP contribution in [0.5, 0.6) is 0 Å². The molecule has 2 nitrogen and oxygen atoms in total. The molecule has 0 unspecified atom stereocenters. The summed E-state index contributed by atoms with van der Waals surface area (Å²) in [6.45, 7) is 0. The van der Waals surface area contributed by atoms with Crippen molar-refractivity contribution in [2.24, 2.45) is 5.92 Å². The second-order valence-electron chi connectivity index (χ2n) is 7.10. The van der Waals surface area contributed by atoms with E-state index in [9.17, 15) is 9.90 Å². The summed E-state index contributed by atoms with van der Waals surface area (Å²) >= 11 is 0. The van der Waals surface area contributed by atoms with E-state index < -0.39 is 0 Å². The Bertz CT molecular complexity index is 278. The highest BCUT2D eigenvalue weighted by Crippen LogP contribution is 2.41. The van der Waals surface area contributed by atoms with Crippen molar-refractivity contribution in [2.45, 2.75) is 102 Å². The summed E-state index contributed by atoms with van der Waals surface area (Å²) in [4.78, 5) is 10.5. The molecule has 1 N–H and O–H groups in total. The highest BCUT2D eigenvalue weighted by Gasteiger charge is 2.37. The molecule has 0 bridgehead atoms. The van der Waals surface area contributed by atoms with Gasteiger partial charge in [0.2, 0.25) is 0 Å². The second kappa shape index (κ2) is 8.17. The van der Waals surface area contributed by atoms with E-state index in [0.29, 0.717) is 11.7 Å². The van der Waals surface area contributed by atoms with Crippen molar-refractivity contribution in [3.8, 4) is 0 Å². The molecule has 0 heterocycles. The lowest BCUT2D eigenvalue weighted by molar-refractivity contribution is -0.120. The average Bonchev–Trinajstić information content (AvgIpc) is 2.50. The van der Waals surface area contributed by atoms with Gasteiger partial charge in [-0.05, 0) is 44.4 Å². The van der Waals surface area contributed by atoms with Gasteiger partial charge in [-0.25, -0.2) is 0 Å². The van der Waals surface area contributed by atoms with Crippen molar-refractivity contribution in [3.05, 3.63) is 0 Å². The largest absolute Gasteiger partial charge is 0.390 e. The van der Waals surface area contributed by atoms with Crippen LogP contribution in [0.25, 0.3) is 0 Å². The monoisotopic (exact) mass is 280 g/mol. The van der Waals surface area contributed by atoms with Crippen LogP contribution in [0.3, 0.4) is 0 Å². The fraction of sp³-hybridized carbons (Fsp3) is 0.944. The lowest BCUT2D eigenvalue weighted by Crippen LogP contribution is -2.40. The molecule has 0 aromatic heterocycles. The molecule has 0 amide bonds. The third kappa shape index (κ3) is 4.87. The summed E-state index contributed by atoms with van der Waals surface area (Å²) in [5, 5.41) is 10.5. The van der Waals surface area contributed by atoms with Crippen LogP contribution in [0.15, 0.2) is 0 Å². The summed E-state index contributed by atoms with van der Waals surface area (Å²) in [5.74, 6) is 1.10. The molecular formula is C18H32O2. The van der Waals surface area contributed by atoms with Crippen LogP contribution < -0.4 is 0 Å². The maximum absolute atomic E-state index is 10.5. The number of Topliss-reactive ketones (excluding diaryl/α,β-unsaturated/α-hetero) is 1. The average molecular weight is 280 g/mol. The molecule has 3 fully saturated rings. The van der Waals surface area contributed by atoms with Gasteiger partial charge in [0.05, 0.1) is 5.60 Å². The molecule has 0 radical (unpaired) electrons. The van der Waals surface area contributed by atoms with Gasteiger partial charge in [-0.1, -0.05) is 44.9 Å². The molecular weight excluding hydrogens is 248 g/mol. The maximum atomic E-state index is 10.5. The van der Waals surface area contributed by atoms with E-state index in [0.717, 1.165) is 38.5 Å². The predicted molar refractivity (Wildman–Crippen MR) is 82.7 cm³/mol. The summed E-state index contributed by atoms with van der Waals surface area (Å²) in [7, 11) is 0. The van der Waals surface area contributed by atoms with Gasteiger partial charge in [0.1, 0.15) is 5.78 Å². The molecule has 0 aromatic carbocycles. The quantitative estimate of drug-likeness (QED) is 0.750. The van der Waals surface area contributed by atoms with Crippen molar-refractivity contribution in [1.29, 1.82) is 0 Å². The second-order valence-corrected chi connectivity index (χ2v) is 7.10. The van der Waals surface area contributed by atoms with Gasteiger partial charge in [0, 0.05) is 12.8 Å². The molecule has 3 saturated carbocycles. The number of aliphatic hydroxyl groups is 1. The van der Waals surface area contributed by atoms with Gasteiger partial charge in [-0.3, -0.25) is 4.79 Å². The Morgan fingerprint density at radius 2 is 1.25 bits per heavy atom. The van der Waals surface area contributed by atoms with Gasteiger partial charge in [0.25, 0.3) is 0 Å². The third-order valence-corrected chi connectivity index (χ3v) is 5.50. The van der Waals surface area contributed by atoms with Crippen LogP contribution in [0, 0.1) is 5.92 Å². The number of hydrogen-bond donors (Lipinski definition) is 1. The lowest BCUT2D eigenvalue weighted by Gasteiger charge is -2.41. The van der Waals surface area contributed by atoms with Crippen LogP contribution in [0.4, 0.5) is 0 Å². The van der Waals surface area contributed by atoms with E-state index in [1.807, 2.05) is 0 Å². The molecule has 3 aliphatic carbocycles. The van der Waals surface area contributed by atoms with E-state index in [1.54, 1.807) is 0 Å². The van der Waals surface area contributed by atoms with Crippen molar-refractivity contribution < 1.29 is 9.90 Å². The number of carbonyl (C=O) groups excluding carboxylic acids is 1. The molecule has 0 saturated heterocycles. The molecule has 0 aromatic rings. The smallest absolute Gasteiger partial charge is 0.132 e. The first-order valence-electron chi connectivity index (χ1n) is 8.95. The maximum Gasteiger partial charge on any atom is 0.132 e. The predicted octanol–water partition coefficient (Wildman–Crippen LogP) is 4.78. The Morgan fingerprint density at radius 1 is 0.750 bits per heavy atom. The summed E-state index contributed by atoms with van der Waals surface area (Å²) in [6, 6.07) is 0. The molecule has 0 atom stereocenters. The summed E-state index contributed by atoms with van der Waals surface area (Å²) in [6.07, 6.45) is 17.9. The molecule has 0 spiro atoms. The number of hydrogen-bond acceptors (Lipinski definition) is 2. The molecule has 3 rings (SSSR count). The SMILES string of the molecule is O=C1CCCCC1.OC1(C2CCCCC2)CCCCC1. The fourth-order valence-electron chi connectivity index (χ4n) is 4.16. The van der Waals surface area contributed by atoms with E-state index in [-0.39, 0.29) is 5.60 Å². The molecule has 0 aliphatic heterocycles. The Labute approximate surface area is 124 Å². The summed E-state index contributed by atoms with van der Waals surface area (Å²) in [5.41, 5.74) is -0.251. The molecule has 20 heavy (non-hydrogen) atoms. The van der Waals surface area contributed by atoms with Crippen molar-refractivity contribution in [3.63, 3.8) is 0 Å². The molecule has 116 valence electrons. The minimum atomic E-state index is -0.251. The fourth-order valence-corrected chi connectivity index (χ4v) is 4.16. The molecule has 3 aliphatic rings. The first-order valence-corrected chi connectivity index (χ1v) is 8.95. The first kappa shape index (κ1) is 16.0. The van der Waals surface area contributed by atoms with Gasteiger partial charge in [-0.2, -0.15) is 0 Å². The first-order chi connectivity index (χ1) is 9.71. The van der Waals surface area contributed by atoms with E-state index in [4.69, 9.17) is 0 Å². The normalized spacial score (nSPS) is 27.6. The standard InChI is InChI=1S/C12H22O.C6H10O/c13-12(9-5-2-6-10-12)11-7-3-1-4-8-11;7-6-4-2-1-3-5-6/h11,13H,1-10H2;1-5H2. The van der Waals surface area contributed by atoms with Crippen molar-refractivity contribution in [2.75, 3.05) is 0 Å². The van der Waals surface area contributed by atoms with Crippen LogP contribution in [-0.2, 0) is 4.79 Å². The van der Waals surface area contributed by atoms with Gasteiger partial charge in [-0.15, -0.1) is 0 Å². The topological polar surface area (TPSA) is 37.3 Å². The minimum Gasteiger partial charge on any atom is -0.390 e. The van der Waals surface area contributed by atoms with Gasteiger partial charge >= 0.3 is 0 Å². The van der Waals surface area contributed by atoms with Crippen LogP contribution in [0.1, 0.15) is 96.3 Å². The minimum absolute atomic E-state index is 0.251. The van der Waals surface area contributed by atoms with Gasteiger partial charge in [0.15, 0.2) is 0 Å². The lowest BCUT2D eigenvalue weighted by atomic mass is 9.70. The third-order valence-electron chi connectivity index (χ3n) is 5.50. The van der Waals surface area contributed by atoms with E-state index in [1.165, 1.54) is 57.8 Å². The van der Waals surface area contributed by atoms with Crippen LogP contribution >= 0.6 is 0 Å². The summed E-state index contributed by atoms with van der Waals surface area (Å²) < 4.78 is 0. The number of carbonyl (C=O) groups is 1. The van der Waals surface area contributed by atoms with Crippen molar-refractivity contribution >= 4 is 5.78 Å². The Balaban J connectivity index is 0.000000178. The highest BCUT2D eigenvalue weighted by molar-refractivity contribution is 5.78. The Hall–Kier alpha value is -0.370. The van der Waals surface area contributed by atoms with E-state index >= 15 is 0 Å². The highest BCUT2D eigenvalue weighted by atomic mass is 16.3. The zero-order chi connectivity index (χ0) is 14.3. The number of rotatable bonds is 1. The zero-order valence-electron chi connectivity index (χ0n) is 13.0. The van der Waals surface area contributed by atoms with Crippen LogP contribution in [-0.4, -0.2) is 16.5 Å². The molecule has 2 heteroatoms. The van der Waals surface area contributed by atoms with E-state index in [2.05, 4.69) is 0 Å². The number of ketones is 1. The van der Waals surface area contributed by atoms with Crippen LogP contribution in [0.2, 0.25) is 0 Å². The zero-order valence-corrected chi connectivity index (χ0v) is 13.0. The Kier molecular flexibility index (Phi) is 6.54. The van der Waals surface area contributed by atoms with Crippen molar-refractivity contribution in [1.82, 2.24) is 0 Å².